The highest BCUT2D eigenvalue weighted by atomic mass is 16.5. The molecule has 20 heavy (non-hydrogen) atoms. The Labute approximate surface area is 122 Å². The highest BCUT2D eigenvalue weighted by Crippen LogP contribution is 2.11. The normalized spacial score (nSPS) is 10.7. The number of ether oxygens (including phenoxy) is 3. The average molecular weight is 281 g/mol. The SMILES string of the molecule is CCOc1ccc(CNCCCCOCCOC)cc1. The molecule has 0 atom stereocenters. The molecule has 1 aromatic rings. The van der Waals surface area contributed by atoms with Crippen molar-refractivity contribution < 1.29 is 14.2 Å². The van der Waals surface area contributed by atoms with Crippen LogP contribution in [0.5, 0.6) is 5.75 Å². The third-order valence-corrected chi connectivity index (χ3v) is 2.89. The molecule has 1 rings (SSSR count). The quantitative estimate of drug-likeness (QED) is 0.598. The van der Waals surface area contributed by atoms with Crippen molar-refractivity contribution in [1.29, 1.82) is 0 Å². The van der Waals surface area contributed by atoms with Crippen molar-refractivity contribution in [3.8, 4) is 5.75 Å². The van der Waals surface area contributed by atoms with Gasteiger partial charge in [-0.25, -0.2) is 0 Å². The molecule has 1 N–H and O–H groups in total. The summed E-state index contributed by atoms with van der Waals surface area (Å²) in [7, 11) is 1.69. The molecule has 1 aromatic carbocycles. The van der Waals surface area contributed by atoms with E-state index in [1.807, 2.05) is 19.1 Å². The number of nitrogens with one attached hydrogen (secondary N) is 1. The minimum Gasteiger partial charge on any atom is -0.494 e. The molecule has 0 aromatic heterocycles. The van der Waals surface area contributed by atoms with E-state index in [0.717, 1.165) is 38.3 Å². The molecule has 0 saturated carbocycles. The molecule has 0 aliphatic rings. The Morgan fingerprint density at radius 1 is 1.00 bits per heavy atom. The maximum atomic E-state index is 5.42. The van der Waals surface area contributed by atoms with Crippen molar-refractivity contribution in [2.75, 3.05) is 40.1 Å². The van der Waals surface area contributed by atoms with Gasteiger partial charge in [0.05, 0.1) is 19.8 Å². The standard InChI is InChI=1S/C16H27NO3/c1-3-20-16-8-6-15(7-9-16)14-17-10-4-5-11-19-13-12-18-2/h6-9,17H,3-5,10-14H2,1-2H3. The van der Waals surface area contributed by atoms with E-state index in [2.05, 4.69) is 17.4 Å². The molecule has 0 fully saturated rings. The molecule has 0 aliphatic carbocycles. The first-order chi connectivity index (χ1) is 9.86. The summed E-state index contributed by atoms with van der Waals surface area (Å²) in [5.74, 6) is 0.935. The zero-order valence-corrected chi connectivity index (χ0v) is 12.7. The molecule has 4 nitrogen and oxygen atoms in total. The molecule has 0 heterocycles. The molecule has 0 bridgehead atoms. The Kier molecular flexibility index (Phi) is 9.92. The molecular weight excluding hydrogens is 254 g/mol. The summed E-state index contributed by atoms with van der Waals surface area (Å²) < 4.78 is 15.7. The first kappa shape index (κ1) is 17.0. The number of hydrogen-bond donors (Lipinski definition) is 1. The number of benzene rings is 1. The summed E-state index contributed by atoms with van der Waals surface area (Å²) in [4.78, 5) is 0. The van der Waals surface area contributed by atoms with E-state index >= 15 is 0 Å². The first-order valence-electron chi connectivity index (χ1n) is 7.36. The minimum absolute atomic E-state index is 0.677. The van der Waals surface area contributed by atoms with E-state index in [9.17, 15) is 0 Å². The van der Waals surface area contributed by atoms with Gasteiger partial charge in [0.25, 0.3) is 0 Å². The first-order valence-corrected chi connectivity index (χ1v) is 7.36. The van der Waals surface area contributed by atoms with Gasteiger partial charge in [-0.2, -0.15) is 0 Å². The van der Waals surface area contributed by atoms with Gasteiger partial charge in [0.15, 0.2) is 0 Å². The topological polar surface area (TPSA) is 39.7 Å². The molecule has 4 heteroatoms. The summed E-state index contributed by atoms with van der Waals surface area (Å²) in [6, 6.07) is 8.24. The fourth-order valence-electron chi connectivity index (χ4n) is 1.80. The van der Waals surface area contributed by atoms with Crippen LogP contribution < -0.4 is 10.1 Å². The van der Waals surface area contributed by atoms with Gasteiger partial charge in [-0.3, -0.25) is 0 Å². The third kappa shape index (κ3) is 8.15. The summed E-state index contributed by atoms with van der Waals surface area (Å²) in [5.41, 5.74) is 1.28. The maximum absolute atomic E-state index is 5.42. The third-order valence-electron chi connectivity index (χ3n) is 2.89. The molecule has 0 aliphatic heterocycles. The van der Waals surface area contributed by atoms with E-state index in [1.165, 1.54) is 5.56 Å². The summed E-state index contributed by atoms with van der Waals surface area (Å²) >= 11 is 0. The number of hydrogen-bond acceptors (Lipinski definition) is 4. The second-order valence-corrected chi connectivity index (χ2v) is 4.57. The van der Waals surface area contributed by atoms with Crippen LogP contribution >= 0.6 is 0 Å². The fourth-order valence-corrected chi connectivity index (χ4v) is 1.80. The number of unbranched alkanes of at least 4 members (excludes halogenated alkanes) is 1. The van der Waals surface area contributed by atoms with Gasteiger partial charge in [0.2, 0.25) is 0 Å². The smallest absolute Gasteiger partial charge is 0.119 e. The molecule has 0 radical (unpaired) electrons. The number of rotatable bonds is 12. The van der Waals surface area contributed by atoms with Gasteiger partial charge >= 0.3 is 0 Å². The van der Waals surface area contributed by atoms with E-state index in [-0.39, 0.29) is 0 Å². The lowest BCUT2D eigenvalue weighted by molar-refractivity contribution is 0.0688. The van der Waals surface area contributed by atoms with Crippen molar-refractivity contribution >= 4 is 0 Å². The van der Waals surface area contributed by atoms with Crippen molar-refractivity contribution in [3.63, 3.8) is 0 Å². The van der Waals surface area contributed by atoms with Crippen LogP contribution in [0.25, 0.3) is 0 Å². The molecule has 0 saturated heterocycles. The van der Waals surface area contributed by atoms with Crippen LogP contribution in [0.2, 0.25) is 0 Å². The molecule has 114 valence electrons. The molecule has 0 spiro atoms. The Balaban J connectivity index is 1.98. The lowest BCUT2D eigenvalue weighted by Crippen LogP contribution is -2.15. The van der Waals surface area contributed by atoms with Crippen LogP contribution in [-0.2, 0) is 16.0 Å². The Bertz CT molecular complexity index is 327. The van der Waals surface area contributed by atoms with E-state index < -0.39 is 0 Å². The van der Waals surface area contributed by atoms with Crippen molar-refractivity contribution in [1.82, 2.24) is 5.32 Å². The zero-order chi connectivity index (χ0) is 14.5. The van der Waals surface area contributed by atoms with Gasteiger partial charge in [0, 0.05) is 20.3 Å². The fraction of sp³-hybridized carbons (Fsp3) is 0.625. The molecular formula is C16H27NO3. The van der Waals surface area contributed by atoms with Gasteiger partial charge in [-0.1, -0.05) is 12.1 Å². The molecule has 0 unspecified atom stereocenters. The summed E-state index contributed by atoms with van der Waals surface area (Å²) in [6.45, 7) is 6.80. The summed E-state index contributed by atoms with van der Waals surface area (Å²) in [6.07, 6.45) is 2.21. The lowest BCUT2D eigenvalue weighted by Gasteiger charge is -2.07. The second-order valence-electron chi connectivity index (χ2n) is 4.57. The predicted octanol–water partition coefficient (Wildman–Crippen LogP) is 2.62. The zero-order valence-electron chi connectivity index (χ0n) is 12.7. The highest BCUT2D eigenvalue weighted by Gasteiger charge is 1.95. The van der Waals surface area contributed by atoms with Crippen LogP contribution in [0.3, 0.4) is 0 Å². The minimum atomic E-state index is 0.677. The molecule has 0 amide bonds. The van der Waals surface area contributed by atoms with Crippen molar-refractivity contribution in [3.05, 3.63) is 29.8 Å². The van der Waals surface area contributed by atoms with E-state index in [0.29, 0.717) is 19.8 Å². The van der Waals surface area contributed by atoms with E-state index in [4.69, 9.17) is 14.2 Å². The van der Waals surface area contributed by atoms with Crippen LogP contribution in [0.1, 0.15) is 25.3 Å². The Hall–Kier alpha value is -1.10. The van der Waals surface area contributed by atoms with Crippen LogP contribution in [0.4, 0.5) is 0 Å². The Morgan fingerprint density at radius 3 is 2.50 bits per heavy atom. The average Bonchev–Trinajstić information content (AvgIpc) is 2.47. The van der Waals surface area contributed by atoms with Gasteiger partial charge < -0.3 is 19.5 Å². The lowest BCUT2D eigenvalue weighted by atomic mass is 10.2. The van der Waals surface area contributed by atoms with Crippen LogP contribution in [0.15, 0.2) is 24.3 Å². The van der Waals surface area contributed by atoms with Crippen LogP contribution in [-0.4, -0.2) is 40.1 Å². The van der Waals surface area contributed by atoms with Gasteiger partial charge in [0.1, 0.15) is 5.75 Å². The van der Waals surface area contributed by atoms with Crippen LogP contribution in [0, 0.1) is 0 Å². The van der Waals surface area contributed by atoms with Crippen molar-refractivity contribution in [2.24, 2.45) is 0 Å². The predicted molar refractivity (Wildman–Crippen MR) is 81.2 cm³/mol. The second kappa shape index (κ2) is 11.7. The number of methoxy groups -OCH3 is 1. The van der Waals surface area contributed by atoms with Gasteiger partial charge in [-0.05, 0) is 44.0 Å². The van der Waals surface area contributed by atoms with Crippen molar-refractivity contribution in [2.45, 2.75) is 26.3 Å². The largest absolute Gasteiger partial charge is 0.494 e. The van der Waals surface area contributed by atoms with E-state index in [1.54, 1.807) is 7.11 Å². The maximum Gasteiger partial charge on any atom is 0.119 e. The highest BCUT2D eigenvalue weighted by molar-refractivity contribution is 5.27. The monoisotopic (exact) mass is 281 g/mol. The van der Waals surface area contributed by atoms with Gasteiger partial charge in [-0.15, -0.1) is 0 Å². The Morgan fingerprint density at radius 2 is 1.80 bits per heavy atom. The summed E-state index contributed by atoms with van der Waals surface area (Å²) in [5, 5.41) is 3.43.